The quantitative estimate of drug-likeness (QED) is 0.645. The maximum Gasteiger partial charge on any atom is 0.410 e. The summed E-state index contributed by atoms with van der Waals surface area (Å²) in [5.41, 5.74) is 2.84. The molecular weight excluding hydrogens is 420 g/mol. The number of anilines is 1. The van der Waals surface area contributed by atoms with Crippen molar-refractivity contribution >= 4 is 39.8 Å². The fourth-order valence-electron chi connectivity index (χ4n) is 3.76. The number of hydrogen-bond donors (Lipinski definition) is 1. The van der Waals surface area contributed by atoms with Gasteiger partial charge < -0.3 is 10.1 Å². The number of aryl methyl sites for hydroxylation is 2. The molecule has 30 heavy (non-hydrogen) atoms. The molecule has 7 nitrogen and oxygen atoms in total. The minimum Gasteiger partial charge on any atom is -0.453 e. The second-order valence-corrected chi connectivity index (χ2v) is 9.22. The fraction of sp³-hybridized carbons (Fsp3) is 0.333. The van der Waals surface area contributed by atoms with E-state index in [4.69, 9.17) is 4.74 Å². The van der Waals surface area contributed by atoms with Crippen LogP contribution in [0.15, 0.2) is 35.7 Å². The molecule has 2 amide bonds. The van der Waals surface area contributed by atoms with Crippen molar-refractivity contribution in [2.75, 3.05) is 19.0 Å². The minimum absolute atomic E-state index is 0.0794. The zero-order valence-electron chi connectivity index (χ0n) is 16.9. The molecule has 156 valence electrons. The van der Waals surface area contributed by atoms with Crippen LogP contribution in [0.4, 0.5) is 9.93 Å². The van der Waals surface area contributed by atoms with Crippen LogP contribution in [0.3, 0.4) is 0 Å². The number of nitrogens with zero attached hydrogens (tertiary/aromatic N) is 3. The van der Waals surface area contributed by atoms with E-state index in [-0.39, 0.29) is 11.8 Å². The molecule has 3 aromatic rings. The number of aromatic nitrogens is 2. The van der Waals surface area contributed by atoms with Crippen LogP contribution >= 0.6 is 22.7 Å². The van der Waals surface area contributed by atoms with Gasteiger partial charge in [-0.15, -0.1) is 22.7 Å². The summed E-state index contributed by atoms with van der Waals surface area (Å²) in [5.74, 6) is -0.173. The highest BCUT2D eigenvalue weighted by atomic mass is 32.1. The van der Waals surface area contributed by atoms with Gasteiger partial charge in [0.1, 0.15) is 6.04 Å². The molecule has 0 saturated carbocycles. The van der Waals surface area contributed by atoms with Gasteiger partial charge in [0.2, 0.25) is 5.91 Å². The van der Waals surface area contributed by atoms with Crippen LogP contribution in [-0.4, -0.2) is 46.6 Å². The molecule has 0 radical (unpaired) electrons. The summed E-state index contributed by atoms with van der Waals surface area (Å²) in [6.07, 6.45) is 0.0419. The molecule has 1 aliphatic heterocycles. The summed E-state index contributed by atoms with van der Waals surface area (Å²) in [7, 11) is 1.33. The van der Waals surface area contributed by atoms with Gasteiger partial charge >= 0.3 is 6.09 Å². The Kier molecular flexibility index (Phi) is 5.83. The van der Waals surface area contributed by atoms with E-state index in [0.717, 1.165) is 26.8 Å². The van der Waals surface area contributed by atoms with Crippen molar-refractivity contribution in [2.45, 2.75) is 32.2 Å². The van der Waals surface area contributed by atoms with Crippen LogP contribution in [0.2, 0.25) is 0 Å². The third-order valence-electron chi connectivity index (χ3n) is 5.15. The van der Waals surface area contributed by atoms with E-state index in [9.17, 15) is 9.59 Å². The molecule has 0 spiro atoms. The van der Waals surface area contributed by atoms with E-state index < -0.39 is 12.1 Å². The smallest absolute Gasteiger partial charge is 0.410 e. The van der Waals surface area contributed by atoms with E-state index in [1.165, 1.54) is 23.3 Å². The van der Waals surface area contributed by atoms with Crippen LogP contribution < -0.4 is 5.32 Å². The summed E-state index contributed by atoms with van der Waals surface area (Å²) >= 11 is 2.94. The molecule has 0 unspecified atom stereocenters. The number of hydrogen-bond acceptors (Lipinski definition) is 7. The number of amides is 2. The highest BCUT2D eigenvalue weighted by Crippen LogP contribution is 2.34. The third-order valence-corrected chi connectivity index (χ3v) is 7.01. The molecule has 1 fully saturated rings. The van der Waals surface area contributed by atoms with Crippen molar-refractivity contribution in [1.29, 1.82) is 0 Å². The molecule has 4 rings (SSSR count). The molecule has 2 aromatic heterocycles. The van der Waals surface area contributed by atoms with Crippen LogP contribution in [-0.2, 0) is 9.53 Å². The Morgan fingerprint density at radius 2 is 1.97 bits per heavy atom. The summed E-state index contributed by atoms with van der Waals surface area (Å²) in [5, 5.41) is 6.28. The Labute approximate surface area is 182 Å². The summed E-state index contributed by atoms with van der Waals surface area (Å²) in [6, 6.07) is 9.31. The molecule has 3 heterocycles. The van der Waals surface area contributed by atoms with Crippen LogP contribution in [0.1, 0.15) is 28.6 Å². The predicted octanol–water partition coefficient (Wildman–Crippen LogP) is 4.45. The number of thiazole rings is 2. The Morgan fingerprint density at radius 1 is 1.20 bits per heavy atom. The standard InChI is InChI=1S/C21H22N4O3S2/c1-12-18(30-13(2)22-12)16-11-29-20(23-16)24-19(26)17-9-15(10-25(17)21(27)28-3)14-7-5-4-6-8-14/h4-8,11,15,17H,9-10H2,1-3H3,(H,23,24,26)/t15-,17+/m1/s1. The van der Waals surface area contributed by atoms with Gasteiger partial charge in [0.05, 0.1) is 28.4 Å². The van der Waals surface area contributed by atoms with E-state index in [1.54, 1.807) is 11.3 Å². The molecule has 1 N–H and O–H groups in total. The number of carbonyl (C=O) groups is 2. The van der Waals surface area contributed by atoms with Crippen LogP contribution in [0, 0.1) is 13.8 Å². The zero-order valence-corrected chi connectivity index (χ0v) is 18.5. The van der Waals surface area contributed by atoms with Crippen molar-refractivity contribution in [2.24, 2.45) is 0 Å². The Hall–Kier alpha value is -2.78. The van der Waals surface area contributed by atoms with E-state index in [0.29, 0.717) is 18.1 Å². The molecular formula is C21H22N4O3S2. The molecule has 1 aromatic carbocycles. The number of carbonyl (C=O) groups excluding carboxylic acids is 2. The Balaban J connectivity index is 1.51. The normalized spacial score (nSPS) is 18.4. The first-order valence-electron chi connectivity index (χ1n) is 9.56. The second-order valence-electron chi connectivity index (χ2n) is 7.16. The number of likely N-dealkylation sites (tertiary alicyclic amines) is 1. The summed E-state index contributed by atoms with van der Waals surface area (Å²) < 4.78 is 4.91. The zero-order chi connectivity index (χ0) is 21.3. The van der Waals surface area contributed by atoms with Gasteiger partial charge in [0.25, 0.3) is 0 Å². The second kappa shape index (κ2) is 8.53. The van der Waals surface area contributed by atoms with Gasteiger partial charge in [-0.3, -0.25) is 9.69 Å². The first-order chi connectivity index (χ1) is 14.5. The van der Waals surface area contributed by atoms with Gasteiger partial charge in [0, 0.05) is 17.8 Å². The van der Waals surface area contributed by atoms with Crippen molar-refractivity contribution in [3.8, 4) is 10.6 Å². The average molecular weight is 443 g/mol. The lowest BCUT2D eigenvalue weighted by molar-refractivity contribution is -0.120. The van der Waals surface area contributed by atoms with Gasteiger partial charge in [-0.1, -0.05) is 30.3 Å². The number of nitrogens with one attached hydrogen (secondary N) is 1. The van der Waals surface area contributed by atoms with Gasteiger partial charge in [0.15, 0.2) is 5.13 Å². The lowest BCUT2D eigenvalue weighted by Gasteiger charge is -2.21. The monoisotopic (exact) mass is 442 g/mol. The molecule has 0 aliphatic carbocycles. The predicted molar refractivity (Wildman–Crippen MR) is 118 cm³/mol. The molecule has 1 aliphatic rings. The van der Waals surface area contributed by atoms with Crippen molar-refractivity contribution in [1.82, 2.24) is 14.9 Å². The summed E-state index contributed by atoms with van der Waals surface area (Å²) in [4.78, 5) is 36.8. The lowest BCUT2D eigenvalue weighted by Crippen LogP contribution is -2.43. The van der Waals surface area contributed by atoms with Crippen LogP contribution in [0.5, 0.6) is 0 Å². The van der Waals surface area contributed by atoms with Crippen molar-refractivity contribution < 1.29 is 14.3 Å². The van der Waals surface area contributed by atoms with Gasteiger partial charge in [-0.05, 0) is 25.8 Å². The topological polar surface area (TPSA) is 84.4 Å². The molecule has 0 bridgehead atoms. The molecule has 9 heteroatoms. The largest absolute Gasteiger partial charge is 0.453 e. The Morgan fingerprint density at radius 3 is 2.63 bits per heavy atom. The Bertz CT molecular complexity index is 1060. The number of methoxy groups -OCH3 is 1. The fourth-order valence-corrected chi connectivity index (χ4v) is 5.42. The maximum absolute atomic E-state index is 13.0. The van der Waals surface area contributed by atoms with Crippen LogP contribution in [0.25, 0.3) is 10.6 Å². The van der Waals surface area contributed by atoms with E-state index in [1.807, 2.05) is 49.6 Å². The van der Waals surface area contributed by atoms with E-state index >= 15 is 0 Å². The van der Waals surface area contributed by atoms with Gasteiger partial charge in [-0.2, -0.15) is 0 Å². The average Bonchev–Trinajstić information content (AvgIpc) is 3.46. The maximum atomic E-state index is 13.0. The highest BCUT2D eigenvalue weighted by molar-refractivity contribution is 7.16. The van der Waals surface area contributed by atoms with E-state index in [2.05, 4.69) is 15.3 Å². The highest BCUT2D eigenvalue weighted by Gasteiger charge is 2.41. The minimum atomic E-state index is -0.609. The van der Waals surface area contributed by atoms with Crippen molar-refractivity contribution in [3.63, 3.8) is 0 Å². The lowest BCUT2D eigenvalue weighted by atomic mass is 9.96. The molecule has 1 saturated heterocycles. The first kappa shape index (κ1) is 20.5. The molecule has 2 atom stereocenters. The van der Waals surface area contributed by atoms with Crippen molar-refractivity contribution in [3.05, 3.63) is 52.0 Å². The SMILES string of the molecule is COC(=O)N1C[C@H](c2ccccc2)C[C@H]1C(=O)Nc1nc(-c2sc(C)nc2C)cs1. The number of rotatable bonds is 4. The summed E-state index contributed by atoms with van der Waals surface area (Å²) in [6.45, 7) is 4.35. The van der Waals surface area contributed by atoms with Gasteiger partial charge in [-0.25, -0.2) is 14.8 Å². The first-order valence-corrected chi connectivity index (χ1v) is 11.3. The third kappa shape index (κ3) is 4.08. The number of ether oxygens (including phenoxy) is 1. The number of benzene rings is 1.